The molecule has 2 rings (SSSR count). The van der Waals surface area contributed by atoms with E-state index in [2.05, 4.69) is 5.32 Å². The summed E-state index contributed by atoms with van der Waals surface area (Å²) >= 11 is 0. The molecule has 0 aliphatic heterocycles. The van der Waals surface area contributed by atoms with Crippen LogP contribution in [0.5, 0.6) is 0 Å². The van der Waals surface area contributed by atoms with E-state index in [9.17, 15) is 4.39 Å². The van der Waals surface area contributed by atoms with Gasteiger partial charge in [0.2, 0.25) is 0 Å². The molecule has 2 aromatic rings. The van der Waals surface area contributed by atoms with Crippen molar-refractivity contribution in [1.82, 2.24) is 0 Å². The predicted octanol–water partition coefficient (Wildman–Crippen LogP) is 3.77. The Hall–Kier alpha value is -2.03. The van der Waals surface area contributed by atoms with E-state index in [0.717, 1.165) is 22.5 Å². The zero-order chi connectivity index (χ0) is 12.4. The van der Waals surface area contributed by atoms with Crippen LogP contribution in [0, 0.1) is 19.7 Å². The van der Waals surface area contributed by atoms with Gasteiger partial charge >= 0.3 is 0 Å². The number of hydrogen-bond acceptors (Lipinski definition) is 2. The van der Waals surface area contributed by atoms with Gasteiger partial charge in [0.1, 0.15) is 5.82 Å². The molecule has 0 fully saturated rings. The van der Waals surface area contributed by atoms with E-state index in [-0.39, 0.29) is 5.82 Å². The predicted molar refractivity (Wildman–Crippen MR) is 70.0 cm³/mol. The van der Waals surface area contributed by atoms with Crippen molar-refractivity contribution in [2.75, 3.05) is 11.1 Å². The smallest absolute Gasteiger partial charge is 0.125 e. The van der Waals surface area contributed by atoms with Gasteiger partial charge in [0.05, 0.1) is 0 Å². The normalized spacial score (nSPS) is 10.3. The maximum absolute atomic E-state index is 13.2. The SMILES string of the molecule is Cc1cc(N)cc(Nc2cc(C)cc(F)c2)c1. The molecule has 3 heteroatoms. The summed E-state index contributed by atoms with van der Waals surface area (Å²) in [5, 5.41) is 3.15. The fourth-order valence-corrected chi connectivity index (χ4v) is 1.86. The molecule has 0 amide bonds. The van der Waals surface area contributed by atoms with Gasteiger partial charge in [-0.1, -0.05) is 0 Å². The highest BCUT2D eigenvalue weighted by molar-refractivity contribution is 5.65. The van der Waals surface area contributed by atoms with Crippen LogP contribution in [0.4, 0.5) is 21.5 Å². The minimum atomic E-state index is -0.242. The summed E-state index contributed by atoms with van der Waals surface area (Å²) in [6, 6.07) is 10.5. The summed E-state index contributed by atoms with van der Waals surface area (Å²) in [4.78, 5) is 0. The average Bonchev–Trinajstić information content (AvgIpc) is 2.13. The first kappa shape index (κ1) is 11.5. The lowest BCUT2D eigenvalue weighted by molar-refractivity contribution is 0.627. The van der Waals surface area contributed by atoms with Crippen molar-refractivity contribution in [2.45, 2.75) is 13.8 Å². The van der Waals surface area contributed by atoms with Crippen LogP contribution in [-0.2, 0) is 0 Å². The van der Waals surface area contributed by atoms with Gasteiger partial charge in [0.25, 0.3) is 0 Å². The molecule has 88 valence electrons. The fraction of sp³-hybridized carbons (Fsp3) is 0.143. The van der Waals surface area contributed by atoms with Gasteiger partial charge in [-0.2, -0.15) is 0 Å². The molecule has 2 aromatic carbocycles. The first-order valence-electron chi connectivity index (χ1n) is 5.44. The van der Waals surface area contributed by atoms with E-state index < -0.39 is 0 Å². The number of rotatable bonds is 2. The molecular formula is C14H15FN2. The minimum Gasteiger partial charge on any atom is -0.399 e. The molecule has 0 unspecified atom stereocenters. The number of anilines is 3. The Morgan fingerprint density at radius 2 is 1.47 bits per heavy atom. The molecule has 0 saturated heterocycles. The quantitative estimate of drug-likeness (QED) is 0.771. The third-order valence-electron chi connectivity index (χ3n) is 2.43. The molecule has 3 N–H and O–H groups in total. The van der Waals surface area contributed by atoms with E-state index >= 15 is 0 Å². The van der Waals surface area contributed by atoms with Gasteiger partial charge in [-0.15, -0.1) is 0 Å². The first-order chi connectivity index (χ1) is 8.02. The molecule has 0 aromatic heterocycles. The third kappa shape index (κ3) is 2.97. The lowest BCUT2D eigenvalue weighted by atomic mass is 10.1. The van der Waals surface area contributed by atoms with Crippen molar-refractivity contribution in [1.29, 1.82) is 0 Å². The molecular weight excluding hydrogens is 215 g/mol. The fourth-order valence-electron chi connectivity index (χ4n) is 1.86. The van der Waals surface area contributed by atoms with Crippen molar-refractivity contribution in [2.24, 2.45) is 0 Å². The van der Waals surface area contributed by atoms with Crippen molar-refractivity contribution in [3.05, 3.63) is 53.3 Å². The topological polar surface area (TPSA) is 38.0 Å². The Bertz CT molecular complexity index is 460. The highest BCUT2D eigenvalue weighted by atomic mass is 19.1. The van der Waals surface area contributed by atoms with Gasteiger partial charge < -0.3 is 11.1 Å². The molecule has 0 saturated carbocycles. The van der Waals surface area contributed by atoms with Gasteiger partial charge in [0.15, 0.2) is 0 Å². The Balaban J connectivity index is 2.31. The number of nitrogen functional groups attached to an aromatic ring is 1. The molecule has 0 aliphatic rings. The molecule has 2 nitrogen and oxygen atoms in total. The van der Waals surface area contributed by atoms with Crippen LogP contribution >= 0.6 is 0 Å². The zero-order valence-electron chi connectivity index (χ0n) is 9.92. The maximum atomic E-state index is 13.2. The highest BCUT2D eigenvalue weighted by Gasteiger charge is 2.00. The number of halogens is 1. The second-order valence-corrected chi connectivity index (χ2v) is 4.27. The number of nitrogens with two attached hydrogens (primary N) is 1. The summed E-state index contributed by atoms with van der Waals surface area (Å²) in [7, 11) is 0. The van der Waals surface area contributed by atoms with Gasteiger partial charge in [-0.25, -0.2) is 4.39 Å². The van der Waals surface area contributed by atoms with E-state index in [1.54, 1.807) is 0 Å². The van der Waals surface area contributed by atoms with E-state index in [4.69, 9.17) is 5.73 Å². The van der Waals surface area contributed by atoms with Gasteiger partial charge in [-0.05, 0) is 61.4 Å². The van der Waals surface area contributed by atoms with Gasteiger partial charge in [0, 0.05) is 17.1 Å². The first-order valence-corrected chi connectivity index (χ1v) is 5.44. The minimum absolute atomic E-state index is 0.242. The summed E-state index contributed by atoms with van der Waals surface area (Å²) in [5.41, 5.74) is 10.0. The molecule has 0 heterocycles. The summed E-state index contributed by atoms with van der Waals surface area (Å²) in [6.07, 6.45) is 0. The van der Waals surface area contributed by atoms with Gasteiger partial charge in [-0.3, -0.25) is 0 Å². The van der Waals surface area contributed by atoms with E-state index in [1.165, 1.54) is 12.1 Å². The maximum Gasteiger partial charge on any atom is 0.125 e. The highest BCUT2D eigenvalue weighted by Crippen LogP contribution is 2.22. The lowest BCUT2D eigenvalue weighted by Gasteiger charge is -2.09. The summed E-state index contributed by atoms with van der Waals surface area (Å²) in [6.45, 7) is 3.83. The largest absolute Gasteiger partial charge is 0.399 e. The van der Waals surface area contributed by atoms with Crippen molar-refractivity contribution in [3.8, 4) is 0 Å². The number of nitrogens with one attached hydrogen (secondary N) is 1. The monoisotopic (exact) mass is 230 g/mol. The Kier molecular flexibility index (Phi) is 3.00. The Morgan fingerprint density at radius 1 is 0.882 bits per heavy atom. The summed E-state index contributed by atoms with van der Waals surface area (Å²) < 4.78 is 13.2. The molecule has 0 spiro atoms. The second-order valence-electron chi connectivity index (χ2n) is 4.27. The molecule has 0 atom stereocenters. The number of aryl methyl sites for hydroxylation is 2. The van der Waals surface area contributed by atoms with Crippen LogP contribution in [0.25, 0.3) is 0 Å². The Labute approximate surface area is 100 Å². The van der Waals surface area contributed by atoms with Crippen LogP contribution in [0.1, 0.15) is 11.1 Å². The van der Waals surface area contributed by atoms with Crippen molar-refractivity contribution >= 4 is 17.1 Å². The van der Waals surface area contributed by atoms with Crippen molar-refractivity contribution < 1.29 is 4.39 Å². The van der Waals surface area contributed by atoms with Crippen LogP contribution in [0.2, 0.25) is 0 Å². The standard InChI is InChI=1S/C14H15FN2/c1-9-3-11(15)7-13(5-9)17-14-6-10(2)4-12(16)8-14/h3-8,17H,16H2,1-2H3. The number of benzene rings is 2. The molecule has 0 aliphatic carbocycles. The van der Waals surface area contributed by atoms with Crippen LogP contribution in [0.15, 0.2) is 36.4 Å². The molecule has 0 bridgehead atoms. The Morgan fingerprint density at radius 3 is 2.06 bits per heavy atom. The van der Waals surface area contributed by atoms with E-state index in [0.29, 0.717) is 5.69 Å². The number of hydrogen-bond donors (Lipinski definition) is 2. The second kappa shape index (κ2) is 4.45. The molecule has 0 radical (unpaired) electrons. The zero-order valence-corrected chi connectivity index (χ0v) is 9.92. The van der Waals surface area contributed by atoms with Crippen LogP contribution in [0.3, 0.4) is 0 Å². The lowest BCUT2D eigenvalue weighted by Crippen LogP contribution is -1.94. The third-order valence-corrected chi connectivity index (χ3v) is 2.43. The summed E-state index contributed by atoms with van der Waals surface area (Å²) in [5.74, 6) is -0.242. The van der Waals surface area contributed by atoms with E-state index in [1.807, 2.05) is 38.1 Å². The average molecular weight is 230 g/mol. The molecule has 17 heavy (non-hydrogen) atoms. The van der Waals surface area contributed by atoms with Crippen molar-refractivity contribution in [3.63, 3.8) is 0 Å². The van der Waals surface area contributed by atoms with Crippen LogP contribution in [-0.4, -0.2) is 0 Å². The van der Waals surface area contributed by atoms with Crippen LogP contribution < -0.4 is 11.1 Å².